The van der Waals surface area contributed by atoms with Crippen molar-refractivity contribution in [3.8, 4) is 0 Å². The molecule has 0 radical (unpaired) electrons. The number of rotatable bonds is 4. The maximum Gasteiger partial charge on any atom is 0.129 e. The molecule has 1 unspecified atom stereocenters. The molecule has 0 saturated carbocycles. The van der Waals surface area contributed by atoms with Crippen molar-refractivity contribution in [3.05, 3.63) is 70.5 Å². The lowest BCUT2D eigenvalue weighted by Crippen LogP contribution is -2.42. The van der Waals surface area contributed by atoms with Gasteiger partial charge in [-0.3, -0.25) is 4.90 Å². The number of hydrogen-bond acceptors (Lipinski definition) is 4. The first-order chi connectivity index (χ1) is 12.8. The number of halogens is 1. The van der Waals surface area contributed by atoms with E-state index in [1.165, 1.54) is 5.56 Å². The fraction of sp³-hybridized carbons (Fsp3) is 0.409. The monoisotopic (exact) mass is 386 g/mol. The van der Waals surface area contributed by atoms with Gasteiger partial charge in [0.25, 0.3) is 0 Å². The van der Waals surface area contributed by atoms with E-state index in [1.54, 1.807) is 6.20 Å². The van der Waals surface area contributed by atoms with Gasteiger partial charge in [-0.1, -0.05) is 56.6 Å². The van der Waals surface area contributed by atoms with Crippen molar-refractivity contribution in [2.75, 3.05) is 26.3 Å². The normalized spacial score (nSPS) is 17.7. The zero-order chi connectivity index (χ0) is 19.4. The van der Waals surface area contributed by atoms with Gasteiger partial charge in [0.2, 0.25) is 0 Å². The average molecular weight is 387 g/mol. The molecule has 1 aliphatic heterocycles. The minimum absolute atomic E-state index is 0.0930. The molecule has 2 aromatic rings. The van der Waals surface area contributed by atoms with Gasteiger partial charge < -0.3 is 9.84 Å². The van der Waals surface area contributed by atoms with E-state index in [0.717, 1.165) is 16.7 Å². The predicted octanol–water partition coefficient (Wildman–Crippen LogP) is 4.11. The molecule has 0 bridgehead atoms. The summed E-state index contributed by atoms with van der Waals surface area (Å²) in [5, 5.41) is 11.2. The van der Waals surface area contributed by atoms with E-state index in [9.17, 15) is 5.11 Å². The Hall–Kier alpha value is -1.72. The van der Waals surface area contributed by atoms with Crippen LogP contribution in [-0.2, 0) is 10.2 Å². The summed E-state index contributed by atoms with van der Waals surface area (Å²) in [5.41, 5.74) is 4.28. The second-order valence-corrected chi connectivity index (χ2v) is 8.22. The number of aliphatic hydroxyl groups is 1. The van der Waals surface area contributed by atoms with E-state index < -0.39 is 6.23 Å². The zero-order valence-corrected chi connectivity index (χ0v) is 16.9. The van der Waals surface area contributed by atoms with Crippen molar-refractivity contribution in [1.82, 2.24) is 9.88 Å². The molecule has 144 valence electrons. The standard InChI is InChI=1S/C22H27ClN2O2/c1-22(2,3)18-6-4-16(5-7-18)19(17-8-9-24-20(23)14-17)15-21(26)25-10-12-27-13-11-25/h4-9,14-15,21,26H,10-13H2,1-3H3/b19-15+. The van der Waals surface area contributed by atoms with E-state index in [4.69, 9.17) is 16.3 Å². The Labute approximate surface area is 166 Å². The number of ether oxygens (including phenoxy) is 1. The van der Waals surface area contributed by atoms with Crippen LogP contribution in [0.25, 0.3) is 5.57 Å². The fourth-order valence-electron chi connectivity index (χ4n) is 3.18. The summed E-state index contributed by atoms with van der Waals surface area (Å²) in [4.78, 5) is 6.09. The summed E-state index contributed by atoms with van der Waals surface area (Å²) < 4.78 is 5.39. The number of benzene rings is 1. The maximum atomic E-state index is 10.8. The van der Waals surface area contributed by atoms with Crippen LogP contribution in [0.15, 0.2) is 48.7 Å². The van der Waals surface area contributed by atoms with Crippen LogP contribution in [0.4, 0.5) is 0 Å². The molecule has 1 aliphatic rings. The van der Waals surface area contributed by atoms with Gasteiger partial charge in [0.05, 0.1) is 13.2 Å². The van der Waals surface area contributed by atoms with Crippen LogP contribution >= 0.6 is 11.6 Å². The van der Waals surface area contributed by atoms with Crippen molar-refractivity contribution in [2.45, 2.75) is 32.4 Å². The van der Waals surface area contributed by atoms with Crippen molar-refractivity contribution in [3.63, 3.8) is 0 Å². The Bertz CT molecular complexity index is 791. The van der Waals surface area contributed by atoms with Crippen LogP contribution < -0.4 is 0 Å². The molecule has 4 nitrogen and oxygen atoms in total. The van der Waals surface area contributed by atoms with Crippen LogP contribution in [0.3, 0.4) is 0 Å². The topological polar surface area (TPSA) is 45.6 Å². The van der Waals surface area contributed by atoms with E-state index in [2.05, 4.69) is 50.0 Å². The summed E-state index contributed by atoms with van der Waals surface area (Å²) >= 11 is 6.12. The zero-order valence-electron chi connectivity index (χ0n) is 16.2. The summed E-state index contributed by atoms with van der Waals surface area (Å²) in [5.74, 6) is 0. The maximum absolute atomic E-state index is 10.8. The highest BCUT2D eigenvalue weighted by Crippen LogP contribution is 2.29. The molecular weight excluding hydrogens is 360 g/mol. The van der Waals surface area contributed by atoms with E-state index in [-0.39, 0.29) is 5.41 Å². The molecule has 5 heteroatoms. The lowest BCUT2D eigenvalue weighted by Gasteiger charge is -2.30. The molecule has 1 aromatic carbocycles. The first-order valence-electron chi connectivity index (χ1n) is 9.29. The number of morpholine rings is 1. The minimum atomic E-state index is -0.682. The number of pyridine rings is 1. The highest BCUT2D eigenvalue weighted by atomic mass is 35.5. The smallest absolute Gasteiger partial charge is 0.129 e. The largest absolute Gasteiger partial charge is 0.379 e. The summed E-state index contributed by atoms with van der Waals surface area (Å²) in [6.07, 6.45) is 2.90. The van der Waals surface area contributed by atoms with Crippen molar-refractivity contribution >= 4 is 17.2 Å². The minimum Gasteiger partial charge on any atom is -0.379 e. The van der Waals surface area contributed by atoms with Crippen LogP contribution in [0.5, 0.6) is 0 Å². The molecule has 2 heterocycles. The number of hydrogen-bond donors (Lipinski definition) is 1. The van der Waals surface area contributed by atoms with Gasteiger partial charge in [-0.05, 0) is 45.9 Å². The SMILES string of the molecule is CC(C)(C)c1ccc(/C(=C\C(O)N2CCOCC2)c2ccnc(Cl)c2)cc1. The van der Waals surface area contributed by atoms with E-state index >= 15 is 0 Å². The summed E-state index contributed by atoms with van der Waals surface area (Å²) in [6, 6.07) is 12.2. The Morgan fingerprint density at radius 3 is 2.41 bits per heavy atom. The third-order valence-corrected chi connectivity index (χ3v) is 5.04. The van der Waals surface area contributed by atoms with Gasteiger partial charge >= 0.3 is 0 Å². The van der Waals surface area contributed by atoms with Crippen LogP contribution in [0.1, 0.15) is 37.5 Å². The number of aromatic nitrogens is 1. The first kappa shape index (κ1) is 20.0. The van der Waals surface area contributed by atoms with E-state index in [1.807, 2.05) is 23.1 Å². The molecule has 1 aromatic heterocycles. The molecule has 1 N–H and O–H groups in total. The Morgan fingerprint density at radius 1 is 1.15 bits per heavy atom. The van der Waals surface area contributed by atoms with Crippen molar-refractivity contribution in [2.24, 2.45) is 0 Å². The number of aliphatic hydroxyl groups excluding tert-OH is 1. The van der Waals surface area contributed by atoms with Crippen LogP contribution in [0, 0.1) is 0 Å². The van der Waals surface area contributed by atoms with Gasteiger partial charge in [0, 0.05) is 19.3 Å². The third kappa shape index (κ3) is 5.17. The van der Waals surface area contributed by atoms with Crippen LogP contribution in [0.2, 0.25) is 5.15 Å². The third-order valence-electron chi connectivity index (χ3n) is 4.84. The molecule has 1 saturated heterocycles. The summed E-state index contributed by atoms with van der Waals surface area (Å²) in [7, 11) is 0. The Kier molecular flexibility index (Phi) is 6.33. The molecule has 1 fully saturated rings. The van der Waals surface area contributed by atoms with Gasteiger partial charge in [-0.25, -0.2) is 4.98 Å². The lowest BCUT2D eigenvalue weighted by molar-refractivity contribution is -0.0356. The second-order valence-electron chi connectivity index (χ2n) is 7.84. The van der Waals surface area contributed by atoms with E-state index in [0.29, 0.717) is 31.5 Å². The molecule has 1 atom stereocenters. The lowest BCUT2D eigenvalue weighted by atomic mass is 9.85. The molecule has 0 aliphatic carbocycles. The van der Waals surface area contributed by atoms with Crippen molar-refractivity contribution < 1.29 is 9.84 Å². The molecule has 3 rings (SSSR count). The summed E-state index contributed by atoms with van der Waals surface area (Å²) in [6.45, 7) is 9.30. The molecular formula is C22H27ClN2O2. The average Bonchev–Trinajstić information content (AvgIpc) is 2.66. The quantitative estimate of drug-likeness (QED) is 0.803. The predicted molar refractivity (Wildman–Crippen MR) is 110 cm³/mol. The Balaban J connectivity index is 1.98. The van der Waals surface area contributed by atoms with Gasteiger partial charge in [-0.15, -0.1) is 0 Å². The Morgan fingerprint density at radius 2 is 1.81 bits per heavy atom. The molecule has 0 amide bonds. The van der Waals surface area contributed by atoms with Crippen molar-refractivity contribution in [1.29, 1.82) is 0 Å². The van der Waals surface area contributed by atoms with Gasteiger partial charge in [0.1, 0.15) is 11.4 Å². The van der Waals surface area contributed by atoms with Gasteiger partial charge in [-0.2, -0.15) is 0 Å². The number of nitrogens with zero attached hydrogens (tertiary/aromatic N) is 2. The molecule has 0 spiro atoms. The second kappa shape index (κ2) is 8.53. The highest BCUT2D eigenvalue weighted by Gasteiger charge is 2.19. The fourth-order valence-corrected chi connectivity index (χ4v) is 3.35. The highest BCUT2D eigenvalue weighted by molar-refractivity contribution is 6.29. The van der Waals surface area contributed by atoms with Crippen LogP contribution in [-0.4, -0.2) is 47.5 Å². The first-order valence-corrected chi connectivity index (χ1v) is 9.67. The molecule has 27 heavy (non-hydrogen) atoms. The van der Waals surface area contributed by atoms with Gasteiger partial charge in [0.15, 0.2) is 0 Å².